The van der Waals surface area contributed by atoms with Gasteiger partial charge in [0.1, 0.15) is 0 Å². The van der Waals surface area contributed by atoms with Crippen LogP contribution in [0.5, 0.6) is 0 Å². The third-order valence-corrected chi connectivity index (χ3v) is 3.60. The van der Waals surface area contributed by atoms with Crippen molar-refractivity contribution in [1.29, 1.82) is 0 Å². The summed E-state index contributed by atoms with van der Waals surface area (Å²) in [6.07, 6.45) is 0. The summed E-state index contributed by atoms with van der Waals surface area (Å²) in [4.78, 5) is 0. The van der Waals surface area contributed by atoms with Gasteiger partial charge >= 0.3 is 0 Å². The molecule has 0 spiro atoms. The summed E-state index contributed by atoms with van der Waals surface area (Å²) in [5.41, 5.74) is 8.19. The van der Waals surface area contributed by atoms with Gasteiger partial charge < -0.3 is 10.2 Å². The molecule has 4 nitrogen and oxygen atoms in total. The third kappa shape index (κ3) is 2.11. The number of anilines is 1. The van der Waals surface area contributed by atoms with Crippen molar-refractivity contribution in [3.05, 3.63) is 66.7 Å². The lowest BCUT2D eigenvalue weighted by Gasteiger charge is -2.01. The maximum Gasteiger partial charge on any atom is 0.248 e. The van der Waals surface area contributed by atoms with E-state index in [1.54, 1.807) is 0 Å². The summed E-state index contributed by atoms with van der Waals surface area (Å²) in [6, 6.07) is 21.6. The molecule has 0 aliphatic carbocycles. The molecule has 0 radical (unpaired) electrons. The molecule has 0 atom stereocenters. The lowest BCUT2D eigenvalue weighted by atomic mass is 10.0. The Morgan fingerprint density at radius 2 is 1.45 bits per heavy atom. The largest absolute Gasteiger partial charge is 0.416 e. The van der Waals surface area contributed by atoms with Crippen molar-refractivity contribution in [1.82, 2.24) is 10.2 Å². The molecule has 0 aliphatic rings. The molecule has 2 N–H and O–H groups in total. The molecule has 0 aliphatic heterocycles. The SMILES string of the molecule is Nc1ccc(-c2nnc(-c3cccc4ccccc34)o2)cc1. The Hall–Kier alpha value is -3.14. The number of nitrogen functional groups attached to an aromatic ring is 1. The first-order chi connectivity index (χ1) is 10.8. The Balaban J connectivity index is 1.82. The summed E-state index contributed by atoms with van der Waals surface area (Å²) in [5.74, 6) is 1.01. The molecule has 0 unspecified atom stereocenters. The Kier molecular flexibility index (Phi) is 2.86. The average molecular weight is 287 g/mol. The number of nitrogens with zero attached hydrogens (tertiary/aromatic N) is 2. The Morgan fingerprint density at radius 3 is 2.32 bits per heavy atom. The number of hydrogen-bond acceptors (Lipinski definition) is 4. The standard InChI is InChI=1S/C18H13N3O/c19-14-10-8-13(9-11-14)17-20-21-18(22-17)16-7-3-5-12-4-1-2-6-15(12)16/h1-11H,19H2. The van der Waals surface area contributed by atoms with Gasteiger partial charge in [-0.25, -0.2) is 0 Å². The zero-order valence-corrected chi connectivity index (χ0v) is 11.7. The second-order valence-electron chi connectivity index (χ2n) is 5.06. The highest BCUT2D eigenvalue weighted by Gasteiger charge is 2.12. The van der Waals surface area contributed by atoms with Gasteiger partial charge in [0, 0.05) is 16.8 Å². The molecule has 0 saturated heterocycles. The molecule has 22 heavy (non-hydrogen) atoms. The molecule has 4 heteroatoms. The second-order valence-corrected chi connectivity index (χ2v) is 5.06. The highest BCUT2D eigenvalue weighted by Crippen LogP contribution is 2.29. The maximum absolute atomic E-state index is 5.84. The van der Waals surface area contributed by atoms with Crippen LogP contribution in [0, 0.1) is 0 Å². The van der Waals surface area contributed by atoms with E-state index in [9.17, 15) is 0 Å². The summed E-state index contributed by atoms with van der Waals surface area (Å²) in [7, 11) is 0. The van der Waals surface area contributed by atoms with E-state index in [0.717, 1.165) is 21.9 Å². The lowest BCUT2D eigenvalue weighted by Crippen LogP contribution is -1.83. The van der Waals surface area contributed by atoms with Crippen LogP contribution in [0.2, 0.25) is 0 Å². The van der Waals surface area contributed by atoms with E-state index in [1.807, 2.05) is 48.5 Å². The van der Waals surface area contributed by atoms with E-state index in [2.05, 4.69) is 28.4 Å². The number of nitrogens with two attached hydrogens (primary N) is 1. The van der Waals surface area contributed by atoms with Crippen LogP contribution in [0.25, 0.3) is 33.7 Å². The van der Waals surface area contributed by atoms with Crippen LogP contribution in [0.3, 0.4) is 0 Å². The molecule has 0 bridgehead atoms. The molecule has 0 amide bonds. The topological polar surface area (TPSA) is 64.9 Å². The molecular weight excluding hydrogens is 274 g/mol. The number of rotatable bonds is 2. The predicted molar refractivity (Wildman–Crippen MR) is 87.1 cm³/mol. The number of benzene rings is 3. The molecule has 0 saturated carbocycles. The Bertz CT molecular complexity index is 937. The molecule has 1 heterocycles. The van der Waals surface area contributed by atoms with Crippen LogP contribution in [-0.4, -0.2) is 10.2 Å². The van der Waals surface area contributed by atoms with Crippen LogP contribution in [0.4, 0.5) is 5.69 Å². The van der Waals surface area contributed by atoms with E-state index in [4.69, 9.17) is 10.2 Å². The number of aromatic nitrogens is 2. The minimum Gasteiger partial charge on any atom is -0.416 e. The zero-order chi connectivity index (χ0) is 14.9. The highest BCUT2D eigenvalue weighted by atomic mass is 16.4. The second kappa shape index (κ2) is 5.00. The van der Waals surface area contributed by atoms with Crippen molar-refractivity contribution < 1.29 is 4.42 Å². The molecule has 4 rings (SSSR count). The lowest BCUT2D eigenvalue weighted by molar-refractivity contribution is 0.585. The first-order valence-corrected chi connectivity index (χ1v) is 6.99. The average Bonchev–Trinajstić information content (AvgIpc) is 3.05. The van der Waals surface area contributed by atoms with Gasteiger partial charge in [0.05, 0.1) is 0 Å². The van der Waals surface area contributed by atoms with Crippen molar-refractivity contribution >= 4 is 16.5 Å². The molecule has 3 aromatic carbocycles. The van der Waals surface area contributed by atoms with Crippen LogP contribution in [-0.2, 0) is 0 Å². The van der Waals surface area contributed by atoms with E-state index in [1.165, 1.54) is 0 Å². The summed E-state index contributed by atoms with van der Waals surface area (Å²) in [5, 5.41) is 10.6. The smallest absolute Gasteiger partial charge is 0.248 e. The third-order valence-electron chi connectivity index (χ3n) is 3.60. The van der Waals surface area contributed by atoms with Gasteiger partial charge in [-0.15, -0.1) is 10.2 Å². The Labute approximate surface area is 127 Å². The molecule has 1 aromatic heterocycles. The monoisotopic (exact) mass is 287 g/mol. The molecular formula is C18H13N3O. The molecule has 106 valence electrons. The van der Waals surface area contributed by atoms with Crippen LogP contribution in [0.1, 0.15) is 0 Å². The van der Waals surface area contributed by atoms with Gasteiger partial charge in [-0.05, 0) is 41.1 Å². The minimum absolute atomic E-state index is 0.489. The first-order valence-electron chi connectivity index (χ1n) is 6.99. The van der Waals surface area contributed by atoms with Crippen LogP contribution in [0.15, 0.2) is 71.1 Å². The van der Waals surface area contributed by atoms with Gasteiger partial charge in [0.15, 0.2) is 0 Å². The van der Waals surface area contributed by atoms with Gasteiger partial charge in [0.25, 0.3) is 0 Å². The van der Waals surface area contributed by atoms with E-state index >= 15 is 0 Å². The van der Waals surface area contributed by atoms with E-state index in [0.29, 0.717) is 17.5 Å². The minimum atomic E-state index is 0.489. The first kappa shape index (κ1) is 12.6. The fourth-order valence-corrected chi connectivity index (χ4v) is 2.49. The summed E-state index contributed by atoms with van der Waals surface area (Å²) >= 11 is 0. The normalized spacial score (nSPS) is 10.9. The van der Waals surface area contributed by atoms with E-state index in [-0.39, 0.29) is 0 Å². The summed E-state index contributed by atoms with van der Waals surface area (Å²) in [6.45, 7) is 0. The van der Waals surface area contributed by atoms with Crippen molar-refractivity contribution in [3.8, 4) is 22.9 Å². The van der Waals surface area contributed by atoms with Gasteiger partial charge in [0.2, 0.25) is 11.8 Å². The maximum atomic E-state index is 5.84. The van der Waals surface area contributed by atoms with Crippen molar-refractivity contribution in [2.24, 2.45) is 0 Å². The van der Waals surface area contributed by atoms with Gasteiger partial charge in [-0.2, -0.15) is 0 Å². The molecule has 0 fully saturated rings. The van der Waals surface area contributed by atoms with Gasteiger partial charge in [-0.3, -0.25) is 0 Å². The number of fused-ring (bicyclic) bond motifs is 1. The Morgan fingerprint density at radius 1 is 0.727 bits per heavy atom. The van der Waals surface area contributed by atoms with Crippen molar-refractivity contribution in [3.63, 3.8) is 0 Å². The predicted octanol–water partition coefficient (Wildman–Crippen LogP) is 4.14. The highest BCUT2D eigenvalue weighted by molar-refractivity contribution is 5.94. The quantitative estimate of drug-likeness (QED) is 0.563. The van der Waals surface area contributed by atoms with E-state index < -0.39 is 0 Å². The fraction of sp³-hybridized carbons (Fsp3) is 0. The van der Waals surface area contributed by atoms with Crippen molar-refractivity contribution in [2.45, 2.75) is 0 Å². The van der Waals surface area contributed by atoms with Crippen molar-refractivity contribution in [2.75, 3.05) is 5.73 Å². The zero-order valence-electron chi connectivity index (χ0n) is 11.7. The van der Waals surface area contributed by atoms with Gasteiger partial charge in [-0.1, -0.05) is 36.4 Å². The number of hydrogen-bond donors (Lipinski definition) is 1. The van der Waals surface area contributed by atoms with Crippen LogP contribution < -0.4 is 5.73 Å². The van der Waals surface area contributed by atoms with Crippen LogP contribution >= 0.6 is 0 Å². The summed E-state index contributed by atoms with van der Waals surface area (Å²) < 4.78 is 5.84. The molecule has 4 aromatic rings. The fourth-order valence-electron chi connectivity index (χ4n) is 2.49.